The highest BCUT2D eigenvalue weighted by molar-refractivity contribution is 5.36. The molecule has 1 saturated heterocycles. The summed E-state index contributed by atoms with van der Waals surface area (Å²) in [6, 6.07) is 6.89. The van der Waals surface area contributed by atoms with Crippen LogP contribution in [-0.2, 0) is 11.2 Å². The van der Waals surface area contributed by atoms with Crippen LogP contribution in [0.5, 0.6) is 5.75 Å². The topological polar surface area (TPSA) is 41.9 Å². The van der Waals surface area contributed by atoms with Crippen molar-refractivity contribution in [1.82, 2.24) is 4.90 Å². The number of methoxy groups -OCH3 is 1. The second-order valence-electron chi connectivity index (χ2n) is 7.25. The highest BCUT2D eigenvalue weighted by atomic mass is 16.5. The molecule has 3 rings (SSSR count). The summed E-state index contributed by atoms with van der Waals surface area (Å²) in [5.74, 6) is 0.953. The lowest BCUT2D eigenvalue weighted by molar-refractivity contribution is -0.0316. The van der Waals surface area contributed by atoms with Gasteiger partial charge < -0.3 is 14.6 Å². The molecule has 3 atom stereocenters. The number of benzene rings is 1. The van der Waals surface area contributed by atoms with E-state index in [1.807, 2.05) is 0 Å². The number of hydrogen-bond acceptors (Lipinski definition) is 4. The number of nitrogens with zero attached hydrogens (tertiary/aromatic N) is 1. The maximum absolute atomic E-state index is 9.82. The van der Waals surface area contributed by atoms with Crippen LogP contribution < -0.4 is 4.74 Å². The Morgan fingerprint density at radius 3 is 2.79 bits per heavy atom. The first-order valence-electron chi connectivity index (χ1n) is 9.34. The lowest BCUT2D eigenvalue weighted by Crippen LogP contribution is -2.46. The van der Waals surface area contributed by atoms with Crippen LogP contribution in [0.2, 0.25) is 0 Å². The number of aliphatic hydroxyl groups excluding tert-OH is 1. The Balaban J connectivity index is 1.52. The Hall–Kier alpha value is -1.10. The molecule has 1 aliphatic carbocycles. The average molecular weight is 333 g/mol. The molecule has 2 aliphatic rings. The SMILES string of the molecule is COc1cc(CCO[C@@H]2CCCC[C@@H]2N2CC[C@@H](O)C2)ccc1C. The number of aliphatic hydroxyl groups is 1. The maximum Gasteiger partial charge on any atom is 0.122 e. The zero-order valence-corrected chi connectivity index (χ0v) is 15.0. The largest absolute Gasteiger partial charge is 0.496 e. The zero-order valence-electron chi connectivity index (χ0n) is 15.0. The van der Waals surface area contributed by atoms with Crippen LogP contribution in [0.25, 0.3) is 0 Å². The fraction of sp³-hybridized carbons (Fsp3) is 0.700. The lowest BCUT2D eigenvalue weighted by atomic mass is 9.91. The van der Waals surface area contributed by atoms with E-state index in [9.17, 15) is 5.11 Å². The summed E-state index contributed by atoms with van der Waals surface area (Å²) in [7, 11) is 1.72. The van der Waals surface area contributed by atoms with E-state index in [2.05, 4.69) is 30.0 Å². The molecule has 1 aromatic carbocycles. The van der Waals surface area contributed by atoms with Crippen molar-refractivity contribution < 1.29 is 14.6 Å². The summed E-state index contributed by atoms with van der Waals surface area (Å²) < 4.78 is 11.7. The molecule has 0 amide bonds. The van der Waals surface area contributed by atoms with Crippen molar-refractivity contribution in [1.29, 1.82) is 0 Å². The van der Waals surface area contributed by atoms with Gasteiger partial charge >= 0.3 is 0 Å². The monoisotopic (exact) mass is 333 g/mol. The van der Waals surface area contributed by atoms with E-state index in [1.165, 1.54) is 30.4 Å². The Bertz CT molecular complexity index is 534. The first-order chi connectivity index (χ1) is 11.7. The summed E-state index contributed by atoms with van der Waals surface area (Å²) in [6.07, 6.45) is 6.89. The zero-order chi connectivity index (χ0) is 16.9. The van der Waals surface area contributed by atoms with Gasteiger partial charge in [-0.1, -0.05) is 25.0 Å². The van der Waals surface area contributed by atoms with Crippen molar-refractivity contribution in [3.63, 3.8) is 0 Å². The summed E-state index contributed by atoms with van der Waals surface area (Å²) in [6.45, 7) is 4.65. The number of aryl methyl sites for hydroxylation is 1. The van der Waals surface area contributed by atoms with Crippen molar-refractivity contribution in [3.05, 3.63) is 29.3 Å². The standard InChI is InChI=1S/C20H31NO3/c1-15-7-8-16(13-20(15)23-2)10-12-24-19-6-4-3-5-18(19)21-11-9-17(22)14-21/h7-8,13,17-19,22H,3-6,9-12,14H2,1-2H3/t17-,18+,19-/m1/s1. The third-order valence-electron chi connectivity index (χ3n) is 5.53. The van der Waals surface area contributed by atoms with E-state index in [4.69, 9.17) is 9.47 Å². The Labute approximate surface area is 145 Å². The number of β-amino-alcohol motifs (C(OH)–C–C–N with tert-alkyl or cyclic N) is 1. The molecule has 0 aromatic heterocycles. The van der Waals surface area contributed by atoms with E-state index in [0.29, 0.717) is 12.1 Å². The van der Waals surface area contributed by atoms with E-state index in [0.717, 1.165) is 44.7 Å². The number of likely N-dealkylation sites (tertiary alicyclic amines) is 1. The van der Waals surface area contributed by atoms with Gasteiger partial charge in [0.2, 0.25) is 0 Å². The van der Waals surface area contributed by atoms with Crippen molar-refractivity contribution in [2.45, 2.75) is 63.7 Å². The van der Waals surface area contributed by atoms with Gasteiger partial charge in [-0.3, -0.25) is 4.90 Å². The fourth-order valence-corrected chi connectivity index (χ4v) is 4.11. The van der Waals surface area contributed by atoms with E-state index >= 15 is 0 Å². The third-order valence-corrected chi connectivity index (χ3v) is 5.53. The summed E-state index contributed by atoms with van der Waals surface area (Å²) >= 11 is 0. The molecule has 1 heterocycles. The second-order valence-corrected chi connectivity index (χ2v) is 7.25. The van der Waals surface area contributed by atoms with Crippen LogP contribution in [0.3, 0.4) is 0 Å². The predicted octanol–water partition coefficient (Wildman–Crippen LogP) is 2.94. The lowest BCUT2D eigenvalue weighted by Gasteiger charge is -2.37. The maximum atomic E-state index is 9.82. The highest BCUT2D eigenvalue weighted by Gasteiger charge is 2.34. The molecule has 4 nitrogen and oxygen atoms in total. The van der Waals surface area contributed by atoms with Crippen molar-refractivity contribution in [2.75, 3.05) is 26.8 Å². The molecule has 0 radical (unpaired) electrons. The van der Waals surface area contributed by atoms with Gasteiger partial charge in [0.05, 0.1) is 25.9 Å². The molecule has 24 heavy (non-hydrogen) atoms. The second kappa shape index (κ2) is 8.32. The van der Waals surface area contributed by atoms with Crippen molar-refractivity contribution in [3.8, 4) is 5.75 Å². The molecule has 2 fully saturated rings. The van der Waals surface area contributed by atoms with Gasteiger partial charge in [-0.05, 0) is 49.8 Å². The van der Waals surface area contributed by atoms with Crippen LogP contribution >= 0.6 is 0 Å². The van der Waals surface area contributed by atoms with E-state index in [1.54, 1.807) is 7.11 Å². The van der Waals surface area contributed by atoms with Gasteiger partial charge in [-0.25, -0.2) is 0 Å². The molecule has 1 N–H and O–H groups in total. The first-order valence-corrected chi connectivity index (χ1v) is 9.34. The molecule has 1 aliphatic heterocycles. The molecule has 4 heteroatoms. The van der Waals surface area contributed by atoms with Crippen molar-refractivity contribution >= 4 is 0 Å². The quantitative estimate of drug-likeness (QED) is 0.869. The molecule has 0 spiro atoms. The Kier molecular flexibility index (Phi) is 6.14. The predicted molar refractivity (Wildman–Crippen MR) is 95.6 cm³/mol. The normalized spacial score (nSPS) is 28.2. The van der Waals surface area contributed by atoms with Gasteiger partial charge in [0, 0.05) is 19.1 Å². The van der Waals surface area contributed by atoms with Crippen LogP contribution in [0.15, 0.2) is 18.2 Å². The van der Waals surface area contributed by atoms with Crippen LogP contribution in [-0.4, -0.2) is 55.1 Å². The summed E-state index contributed by atoms with van der Waals surface area (Å²) in [5, 5.41) is 9.82. The van der Waals surface area contributed by atoms with Crippen LogP contribution in [0.4, 0.5) is 0 Å². The highest BCUT2D eigenvalue weighted by Crippen LogP contribution is 2.28. The van der Waals surface area contributed by atoms with Gasteiger partial charge in [0.1, 0.15) is 5.75 Å². The molecular weight excluding hydrogens is 302 g/mol. The molecular formula is C20H31NO3. The molecule has 1 saturated carbocycles. The molecule has 1 aromatic rings. The van der Waals surface area contributed by atoms with Gasteiger partial charge in [-0.2, -0.15) is 0 Å². The molecule has 0 unspecified atom stereocenters. The van der Waals surface area contributed by atoms with Crippen LogP contribution in [0, 0.1) is 6.92 Å². The Morgan fingerprint density at radius 1 is 1.21 bits per heavy atom. The van der Waals surface area contributed by atoms with Gasteiger partial charge in [0.25, 0.3) is 0 Å². The summed E-state index contributed by atoms with van der Waals surface area (Å²) in [5.41, 5.74) is 2.43. The van der Waals surface area contributed by atoms with E-state index < -0.39 is 0 Å². The smallest absolute Gasteiger partial charge is 0.122 e. The van der Waals surface area contributed by atoms with E-state index in [-0.39, 0.29) is 6.10 Å². The molecule has 0 bridgehead atoms. The number of ether oxygens (including phenoxy) is 2. The number of rotatable bonds is 6. The van der Waals surface area contributed by atoms with Gasteiger partial charge in [0.15, 0.2) is 0 Å². The first kappa shape index (κ1) is 17.7. The number of hydrogen-bond donors (Lipinski definition) is 1. The summed E-state index contributed by atoms with van der Waals surface area (Å²) in [4.78, 5) is 2.45. The third kappa shape index (κ3) is 4.29. The molecule has 134 valence electrons. The fourth-order valence-electron chi connectivity index (χ4n) is 4.11. The van der Waals surface area contributed by atoms with Crippen molar-refractivity contribution in [2.24, 2.45) is 0 Å². The minimum absolute atomic E-state index is 0.146. The Morgan fingerprint density at radius 2 is 2.04 bits per heavy atom. The van der Waals surface area contributed by atoms with Gasteiger partial charge in [-0.15, -0.1) is 0 Å². The van der Waals surface area contributed by atoms with Crippen LogP contribution in [0.1, 0.15) is 43.2 Å². The average Bonchev–Trinajstić information content (AvgIpc) is 3.03. The minimum atomic E-state index is -0.146. The minimum Gasteiger partial charge on any atom is -0.496 e.